The van der Waals surface area contributed by atoms with Gasteiger partial charge in [0.2, 0.25) is 0 Å². The Kier molecular flexibility index (Phi) is 6.54. The van der Waals surface area contributed by atoms with E-state index in [4.69, 9.17) is 4.74 Å². The molecule has 1 aliphatic rings. The smallest absolute Gasteiger partial charge is 0.296 e. The van der Waals surface area contributed by atoms with Crippen molar-refractivity contribution >= 4 is 38.2 Å². The fourth-order valence-corrected chi connectivity index (χ4v) is 5.90. The maximum absolute atomic E-state index is 14.0. The monoisotopic (exact) mass is 555 g/mol. The Morgan fingerprint density at radius 2 is 1.45 bits per heavy atom. The Hall–Kier alpha value is -4.77. The lowest BCUT2D eigenvalue weighted by Crippen LogP contribution is -2.24. The average Bonchev–Trinajstić information content (AvgIpc) is 2.94. The van der Waals surface area contributed by atoms with E-state index in [-0.39, 0.29) is 28.9 Å². The summed E-state index contributed by atoms with van der Waals surface area (Å²) in [6.07, 6.45) is 0. The van der Waals surface area contributed by atoms with Crippen LogP contribution in [0.3, 0.4) is 0 Å². The SMILES string of the molecule is COc1ccc(Nc2ccc3c4c2C(=O)c2ccccc2-c4c(-c2ccccc2)c(=O)n3C)c(S(=O)(=O)O)c1.N. The van der Waals surface area contributed by atoms with Crippen LogP contribution in [0.5, 0.6) is 5.75 Å². The number of carbonyl (C=O) groups is 1. The number of hydrogen-bond acceptors (Lipinski definition) is 7. The number of hydrogen-bond donors (Lipinski definition) is 3. The molecule has 0 atom stereocenters. The fourth-order valence-electron chi connectivity index (χ4n) is 5.24. The average molecular weight is 556 g/mol. The van der Waals surface area contributed by atoms with E-state index in [1.165, 1.54) is 23.8 Å². The number of pyridine rings is 1. The van der Waals surface area contributed by atoms with Gasteiger partial charge >= 0.3 is 0 Å². The van der Waals surface area contributed by atoms with Crippen LogP contribution in [0.4, 0.5) is 11.4 Å². The topological polar surface area (TPSA) is 150 Å². The minimum atomic E-state index is -4.63. The molecular weight excluding hydrogens is 530 g/mol. The third kappa shape index (κ3) is 4.06. The van der Waals surface area contributed by atoms with Gasteiger partial charge < -0.3 is 20.8 Å². The predicted octanol–water partition coefficient (Wildman–Crippen LogP) is 5.58. The van der Waals surface area contributed by atoms with Gasteiger partial charge in [-0.25, -0.2) is 0 Å². The summed E-state index contributed by atoms with van der Waals surface area (Å²) in [5.41, 5.74) is 3.94. The largest absolute Gasteiger partial charge is 0.497 e. The van der Waals surface area contributed by atoms with Gasteiger partial charge in [0.1, 0.15) is 10.6 Å². The first-order valence-electron chi connectivity index (χ1n) is 12.0. The number of nitrogens with one attached hydrogen (secondary N) is 1. The van der Waals surface area contributed by atoms with E-state index in [1.54, 1.807) is 37.4 Å². The predicted molar refractivity (Wildman–Crippen MR) is 155 cm³/mol. The molecule has 0 aliphatic heterocycles. The maximum atomic E-state index is 14.0. The second-order valence-corrected chi connectivity index (χ2v) is 10.6. The van der Waals surface area contributed by atoms with Crippen molar-refractivity contribution in [1.82, 2.24) is 10.7 Å². The standard InChI is InChI=1S/C30H22N2O6S.H3N/c1-32-23-15-14-22(31-21-13-12-18(38-2)16-24(21)39(35,36)37)27-28(23)26(19-10-6-7-11-20(19)29(27)33)25(30(32)34)17-8-4-3-5-9-17;/h3-16,31H,1-2H3,(H,35,36,37);1H3. The number of methoxy groups -OCH3 is 1. The third-order valence-corrected chi connectivity index (χ3v) is 7.92. The molecule has 0 unspecified atom stereocenters. The maximum Gasteiger partial charge on any atom is 0.296 e. The van der Waals surface area contributed by atoms with Crippen LogP contribution in [0, 0.1) is 0 Å². The minimum absolute atomic E-state index is 0. The number of ketones is 1. The van der Waals surface area contributed by atoms with E-state index in [1.807, 2.05) is 42.5 Å². The summed E-state index contributed by atoms with van der Waals surface area (Å²) >= 11 is 0. The van der Waals surface area contributed by atoms with Crippen LogP contribution in [0.2, 0.25) is 0 Å². The van der Waals surface area contributed by atoms with Crippen molar-refractivity contribution < 1.29 is 22.5 Å². The van der Waals surface area contributed by atoms with Gasteiger partial charge in [0, 0.05) is 29.6 Å². The Bertz CT molecular complexity index is 2000. The number of aryl methyl sites for hydroxylation is 1. The molecule has 1 heterocycles. The molecule has 9 nitrogen and oxygen atoms in total. The molecule has 0 saturated heterocycles. The number of anilines is 2. The van der Waals surface area contributed by atoms with Crippen LogP contribution in [-0.4, -0.2) is 30.4 Å². The molecule has 202 valence electrons. The van der Waals surface area contributed by atoms with Gasteiger partial charge in [-0.3, -0.25) is 14.1 Å². The van der Waals surface area contributed by atoms with Crippen LogP contribution in [0.15, 0.2) is 94.6 Å². The third-order valence-electron chi connectivity index (χ3n) is 7.03. The molecule has 1 aliphatic carbocycles. The molecule has 0 radical (unpaired) electrons. The molecule has 0 amide bonds. The normalized spacial score (nSPS) is 12.0. The first-order chi connectivity index (χ1) is 18.7. The summed E-state index contributed by atoms with van der Waals surface area (Å²) in [7, 11) is -1.59. The number of fused-ring (bicyclic) bond motifs is 2. The molecule has 40 heavy (non-hydrogen) atoms. The lowest BCUT2D eigenvalue weighted by atomic mass is 9.80. The molecule has 1 aromatic heterocycles. The van der Waals surface area contributed by atoms with E-state index in [0.717, 1.165) is 0 Å². The molecule has 10 heteroatoms. The number of carbonyl (C=O) groups excluding carboxylic acids is 1. The van der Waals surface area contributed by atoms with E-state index in [0.29, 0.717) is 50.0 Å². The van der Waals surface area contributed by atoms with Crippen molar-refractivity contribution in [3.05, 3.63) is 106 Å². The molecule has 0 saturated carbocycles. The van der Waals surface area contributed by atoms with Crippen molar-refractivity contribution in [3.8, 4) is 28.0 Å². The van der Waals surface area contributed by atoms with E-state index in [2.05, 4.69) is 5.32 Å². The van der Waals surface area contributed by atoms with E-state index < -0.39 is 15.0 Å². The summed E-state index contributed by atoms with van der Waals surface area (Å²) in [5.74, 6) is -0.0337. The Morgan fingerprint density at radius 3 is 2.12 bits per heavy atom. The lowest BCUT2D eigenvalue weighted by Gasteiger charge is -2.26. The quantitative estimate of drug-likeness (QED) is 0.233. The number of aromatic nitrogens is 1. The number of rotatable bonds is 5. The summed E-state index contributed by atoms with van der Waals surface area (Å²) in [5, 5.41) is 3.63. The van der Waals surface area contributed by atoms with Crippen molar-refractivity contribution in [3.63, 3.8) is 0 Å². The molecular formula is C30H25N3O6S. The van der Waals surface area contributed by atoms with Crippen molar-refractivity contribution in [2.24, 2.45) is 7.05 Å². The van der Waals surface area contributed by atoms with Gasteiger partial charge in [0.25, 0.3) is 15.7 Å². The van der Waals surface area contributed by atoms with Gasteiger partial charge in [0.15, 0.2) is 5.78 Å². The number of benzene rings is 4. The first kappa shape index (κ1) is 26.8. The van der Waals surface area contributed by atoms with Gasteiger partial charge in [0.05, 0.1) is 35.1 Å². The molecule has 5 N–H and O–H groups in total. The molecule has 6 rings (SSSR count). The highest BCUT2D eigenvalue weighted by atomic mass is 32.2. The highest BCUT2D eigenvalue weighted by Gasteiger charge is 2.32. The van der Waals surface area contributed by atoms with Crippen LogP contribution < -0.4 is 21.8 Å². The molecule has 0 bridgehead atoms. The first-order valence-corrected chi connectivity index (χ1v) is 13.5. The zero-order chi connectivity index (χ0) is 27.5. The number of ether oxygens (including phenoxy) is 1. The van der Waals surface area contributed by atoms with E-state index in [9.17, 15) is 22.6 Å². The number of nitrogens with zero attached hydrogens (tertiary/aromatic N) is 1. The van der Waals surface area contributed by atoms with Gasteiger partial charge in [-0.05, 0) is 35.4 Å². The second kappa shape index (κ2) is 9.76. The summed E-state index contributed by atoms with van der Waals surface area (Å²) < 4.78 is 41.0. The summed E-state index contributed by atoms with van der Waals surface area (Å²) in [4.78, 5) is 27.4. The lowest BCUT2D eigenvalue weighted by molar-refractivity contribution is 0.104. The van der Waals surface area contributed by atoms with E-state index >= 15 is 0 Å². The van der Waals surface area contributed by atoms with Crippen LogP contribution in [-0.2, 0) is 17.2 Å². The second-order valence-electron chi connectivity index (χ2n) is 9.20. The fraction of sp³-hybridized carbons (Fsp3) is 0.0667. The zero-order valence-electron chi connectivity index (χ0n) is 21.6. The minimum Gasteiger partial charge on any atom is -0.497 e. The van der Waals surface area contributed by atoms with Gasteiger partial charge in [-0.2, -0.15) is 8.42 Å². The van der Waals surface area contributed by atoms with Gasteiger partial charge in [-0.15, -0.1) is 0 Å². The van der Waals surface area contributed by atoms with Crippen molar-refractivity contribution in [2.45, 2.75) is 4.90 Å². The van der Waals surface area contributed by atoms with Crippen molar-refractivity contribution in [1.29, 1.82) is 0 Å². The molecule has 4 aromatic carbocycles. The summed E-state index contributed by atoms with van der Waals surface area (Å²) in [6, 6.07) is 24.0. The van der Waals surface area contributed by atoms with Gasteiger partial charge in [-0.1, -0.05) is 54.6 Å². The highest BCUT2D eigenvalue weighted by Crippen LogP contribution is 2.46. The molecule has 0 fully saturated rings. The van der Waals surface area contributed by atoms with Crippen LogP contribution in [0.1, 0.15) is 15.9 Å². The highest BCUT2D eigenvalue weighted by molar-refractivity contribution is 7.86. The zero-order valence-corrected chi connectivity index (χ0v) is 22.5. The van der Waals surface area contributed by atoms with Crippen LogP contribution in [0.25, 0.3) is 33.2 Å². The van der Waals surface area contributed by atoms with Crippen LogP contribution >= 0.6 is 0 Å². The Morgan fingerprint density at radius 1 is 0.800 bits per heavy atom. The molecule has 5 aromatic rings. The Balaban J connectivity index is 0.00000323. The van der Waals surface area contributed by atoms with Crippen molar-refractivity contribution in [2.75, 3.05) is 12.4 Å². The molecule has 0 spiro atoms. The Labute approximate surface area is 230 Å². The summed E-state index contributed by atoms with van der Waals surface area (Å²) in [6.45, 7) is 0.